The van der Waals surface area contributed by atoms with Crippen LogP contribution in [0.1, 0.15) is 8.22 Å². The molecule has 4 nitrogen and oxygen atoms in total. The highest BCUT2D eigenvalue weighted by molar-refractivity contribution is 7.26. The van der Waals surface area contributed by atoms with Crippen LogP contribution in [0.5, 0.6) is 0 Å². The van der Waals surface area contributed by atoms with E-state index in [1.165, 1.54) is 17.4 Å². The molecule has 0 radical (unpaired) electrons. The van der Waals surface area contributed by atoms with Crippen LogP contribution in [0.3, 0.4) is 0 Å². The van der Waals surface area contributed by atoms with Crippen molar-refractivity contribution in [1.82, 2.24) is 19.5 Å². The molecule has 3 heterocycles. The lowest BCUT2D eigenvalue weighted by molar-refractivity contribution is 1.06. The Balaban J connectivity index is 1.17. The van der Waals surface area contributed by atoms with Crippen molar-refractivity contribution >= 4 is 53.3 Å². The van der Waals surface area contributed by atoms with Gasteiger partial charge in [-0.1, -0.05) is 194 Å². The fraction of sp³-hybridized carbons (Fsp3) is 0. The van der Waals surface area contributed by atoms with E-state index in [1.807, 2.05) is 103 Å². The number of rotatable bonds is 7. The molecule has 0 bridgehead atoms. The molecule has 0 amide bonds. The molecule has 0 aliphatic carbocycles. The van der Waals surface area contributed by atoms with Gasteiger partial charge in [-0.15, -0.1) is 11.3 Å². The monoisotopic (exact) mass is 814 g/mol. The number of para-hydroxylation sites is 3. The summed E-state index contributed by atoms with van der Waals surface area (Å²) in [6, 6.07) is 59.4. The molecule has 0 N–H and O–H groups in total. The molecular formula is C57H36N4S. The van der Waals surface area contributed by atoms with Gasteiger partial charge in [0.2, 0.25) is 0 Å². The largest absolute Gasteiger partial charge is 0.308 e. The number of fused-ring (bicyclic) bond motifs is 6. The minimum atomic E-state index is -0.310. The molecule has 0 fully saturated rings. The van der Waals surface area contributed by atoms with Gasteiger partial charge in [-0.3, -0.25) is 0 Å². The predicted octanol–water partition coefficient (Wildman–Crippen LogP) is 15.3. The molecule has 0 spiro atoms. The van der Waals surface area contributed by atoms with E-state index >= 15 is 0 Å². The molecule has 290 valence electrons. The quantitative estimate of drug-likeness (QED) is 0.161. The second-order valence-corrected chi connectivity index (χ2v) is 16.1. The molecular weight excluding hydrogens is 773 g/mol. The molecule has 0 aliphatic rings. The molecule has 9 aromatic carbocycles. The second-order valence-electron chi connectivity index (χ2n) is 15.1. The van der Waals surface area contributed by atoms with Gasteiger partial charge in [0.05, 0.1) is 24.9 Å². The van der Waals surface area contributed by atoms with E-state index in [9.17, 15) is 4.11 Å². The molecule has 0 atom stereocenters. The van der Waals surface area contributed by atoms with E-state index in [-0.39, 0.29) is 47.0 Å². The Bertz CT molecular complexity index is 3810. The highest BCUT2D eigenvalue weighted by Gasteiger charge is 2.24. The van der Waals surface area contributed by atoms with Crippen molar-refractivity contribution in [2.75, 3.05) is 0 Å². The average molecular weight is 815 g/mol. The smallest absolute Gasteiger partial charge is 0.166 e. The highest BCUT2D eigenvalue weighted by atomic mass is 32.1. The maximum absolute atomic E-state index is 9.67. The lowest BCUT2D eigenvalue weighted by Gasteiger charge is -2.19. The first-order valence-electron chi connectivity index (χ1n) is 23.4. The van der Waals surface area contributed by atoms with E-state index in [0.717, 1.165) is 55.2 Å². The van der Waals surface area contributed by atoms with Gasteiger partial charge in [0, 0.05) is 58.8 Å². The van der Waals surface area contributed by atoms with Gasteiger partial charge in [-0.05, 0) is 46.5 Å². The minimum absolute atomic E-state index is 0.0563. The number of aromatic nitrogens is 4. The van der Waals surface area contributed by atoms with Gasteiger partial charge in [0.25, 0.3) is 0 Å². The summed E-state index contributed by atoms with van der Waals surface area (Å²) in [5, 5.41) is 2.59. The Labute approximate surface area is 371 Å². The third kappa shape index (κ3) is 6.09. The summed E-state index contributed by atoms with van der Waals surface area (Å²) in [6.45, 7) is 0. The maximum Gasteiger partial charge on any atom is 0.166 e. The van der Waals surface area contributed by atoms with Crippen LogP contribution >= 0.6 is 11.3 Å². The van der Waals surface area contributed by atoms with Crippen molar-refractivity contribution in [3.8, 4) is 73.2 Å². The lowest BCUT2D eigenvalue weighted by atomic mass is 9.97. The normalized spacial score (nSPS) is 12.9. The third-order valence-electron chi connectivity index (χ3n) is 11.5. The summed E-state index contributed by atoms with van der Waals surface area (Å²) >= 11 is 1.22. The Morgan fingerprint density at radius 2 is 0.855 bits per heavy atom. The van der Waals surface area contributed by atoms with Gasteiger partial charge in [-0.25, -0.2) is 15.0 Å². The zero-order valence-corrected chi connectivity index (χ0v) is 33.8. The van der Waals surface area contributed by atoms with E-state index < -0.39 is 0 Å². The molecule has 12 aromatic rings. The molecule has 0 saturated heterocycles. The van der Waals surface area contributed by atoms with Gasteiger partial charge in [-0.2, -0.15) is 0 Å². The minimum Gasteiger partial charge on any atom is -0.308 e. The highest BCUT2D eigenvalue weighted by Crippen LogP contribution is 2.46. The van der Waals surface area contributed by atoms with Crippen molar-refractivity contribution in [3.05, 3.63) is 218 Å². The maximum atomic E-state index is 9.67. The van der Waals surface area contributed by atoms with Crippen LogP contribution in [-0.4, -0.2) is 19.5 Å². The van der Waals surface area contributed by atoms with Crippen molar-refractivity contribution in [2.45, 2.75) is 0 Å². The molecule has 62 heavy (non-hydrogen) atoms. The fourth-order valence-corrected chi connectivity index (χ4v) is 9.62. The van der Waals surface area contributed by atoms with E-state index in [1.54, 1.807) is 0 Å². The van der Waals surface area contributed by atoms with Crippen LogP contribution in [0.2, 0.25) is 0 Å². The third-order valence-corrected chi connectivity index (χ3v) is 12.6. The predicted molar refractivity (Wildman–Crippen MR) is 260 cm³/mol. The van der Waals surface area contributed by atoms with Crippen molar-refractivity contribution < 1.29 is 8.22 Å². The molecule has 3 aromatic heterocycles. The standard InChI is InChI=1S/C57H36N4S/c1-3-15-37(16-4-1)39-29-33-41(34-30-39)55-58-56(42-35-31-40(32-36-42)38-17-5-2-6-18-38)60-57(59-55)49-25-13-22-46(48-24-14-23-47-45-21-9-12-28-52(45)62-54(47)48)53(49)61-50-26-10-7-19-43(50)44-20-8-11-27-51(44)61/h1-36H/i9D,14D,21D,23D,24D,28D. The van der Waals surface area contributed by atoms with Crippen LogP contribution in [0.25, 0.3) is 115 Å². The van der Waals surface area contributed by atoms with Gasteiger partial charge in [0.15, 0.2) is 17.5 Å². The van der Waals surface area contributed by atoms with Crippen LogP contribution < -0.4 is 0 Å². The molecule has 0 saturated carbocycles. The first kappa shape index (κ1) is 30.1. The summed E-state index contributed by atoms with van der Waals surface area (Å²) in [7, 11) is 0. The Kier molecular flexibility index (Phi) is 7.25. The molecule has 5 heteroatoms. The Morgan fingerprint density at radius 1 is 0.355 bits per heavy atom. The van der Waals surface area contributed by atoms with Crippen molar-refractivity contribution in [2.24, 2.45) is 0 Å². The van der Waals surface area contributed by atoms with Crippen molar-refractivity contribution in [3.63, 3.8) is 0 Å². The zero-order chi connectivity index (χ0) is 46.2. The molecule has 0 unspecified atom stereocenters. The fourth-order valence-electron chi connectivity index (χ4n) is 8.53. The Morgan fingerprint density at radius 3 is 1.47 bits per heavy atom. The average Bonchev–Trinajstić information content (AvgIpc) is 3.95. The second kappa shape index (κ2) is 14.9. The van der Waals surface area contributed by atoms with Crippen molar-refractivity contribution in [1.29, 1.82) is 0 Å². The number of hydrogen-bond donors (Lipinski definition) is 0. The van der Waals surface area contributed by atoms with Gasteiger partial charge in [0.1, 0.15) is 0 Å². The molecule has 12 rings (SSSR count). The number of nitrogens with zero attached hydrogens (tertiary/aromatic N) is 4. The van der Waals surface area contributed by atoms with Gasteiger partial charge >= 0.3 is 0 Å². The zero-order valence-electron chi connectivity index (χ0n) is 39.0. The number of hydrogen-bond acceptors (Lipinski definition) is 4. The topological polar surface area (TPSA) is 43.6 Å². The summed E-state index contributed by atoms with van der Waals surface area (Å²) < 4.78 is 57.6. The van der Waals surface area contributed by atoms with Crippen LogP contribution in [0.15, 0.2) is 218 Å². The summed E-state index contributed by atoms with van der Waals surface area (Å²) in [5.74, 6) is 1.31. The van der Waals surface area contributed by atoms with Crippen LogP contribution in [0, 0.1) is 0 Å². The summed E-state index contributed by atoms with van der Waals surface area (Å²) in [6.07, 6.45) is 0. The Hall–Kier alpha value is -7.99. The number of thiophene rings is 1. The first-order chi connectivity index (χ1) is 33.2. The SMILES string of the molecule is [2H]c1cc([2H])c2sc3c(-c4cccc(-c5nc(-c6ccc(-c7ccccc7)cc6)nc(-c6ccc(-c7ccccc7)cc6)n5)c4-n4c5ccccc5c5ccccc54)c([2H])c([2H])c([2H])c3c2c1[2H]. The summed E-state index contributed by atoms with van der Waals surface area (Å²) in [5.41, 5.74) is 9.92. The van der Waals surface area contributed by atoms with E-state index in [4.69, 9.17) is 19.1 Å². The summed E-state index contributed by atoms with van der Waals surface area (Å²) in [4.78, 5) is 15.7. The number of benzene rings is 9. The van der Waals surface area contributed by atoms with Crippen LogP contribution in [-0.2, 0) is 0 Å². The van der Waals surface area contributed by atoms with E-state index in [2.05, 4.69) is 77.4 Å². The first-order valence-corrected chi connectivity index (χ1v) is 21.2. The van der Waals surface area contributed by atoms with Crippen LogP contribution in [0.4, 0.5) is 0 Å². The van der Waals surface area contributed by atoms with E-state index in [0.29, 0.717) is 49.3 Å². The molecule has 0 aliphatic heterocycles. The van der Waals surface area contributed by atoms with Gasteiger partial charge < -0.3 is 4.57 Å². The lowest BCUT2D eigenvalue weighted by Crippen LogP contribution is -2.05.